The number of hydrogen-bond acceptors (Lipinski definition) is 3. The minimum atomic E-state index is 0.217. The molecule has 4 heteroatoms. The number of rotatable bonds is 7. The van der Waals surface area contributed by atoms with Crippen molar-refractivity contribution >= 4 is 5.91 Å². The molecule has 1 aliphatic rings. The van der Waals surface area contributed by atoms with E-state index in [4.69, 9.17) is 4.74 Å². The Balaban J connectivity index is 1.78. The van der Waals surface area contributed by atoms with Crippen LogP contribution in [0.4, 0.5) is 0 Å². The smallest absolute Gasteiger partial charge is 0.222 e. The van der Waals surface area contributed by atoms with Gasteiger partial charge in [0.25, 0.3) is 0 Å². The van der Waals surface area contributed by atoms with Crippen molar-refractivity contribution in [2.75, 3.05) is 27.2 Å². The van der Waals surface area contributed by atoms with E-state index in [0.717, 1.165) is 17.7 Å². The third kappa shape index (κ3) is 4.73. The monoisotopic (exact) mass is 304 g/mol. The Kier molecular flexibility index (Phi) is 6.25. The van der Waals surface area contributed by atoms with Crippen molar-refractivity contribution in [3.05, 3.63) is 29.8 Å². The van der Waals surface area contributed by atoms with Crippen LogP contribution in [0.1, 0.15) is 38.2 Å². The number of likely N-dealkylation sites (tertiary alicyclic amines) is 1. The van der Waals surface area contributed by atoms with Gasteiger partial charge in [0.1, 0.15) is 5.75 Å². The summed E-state index contributed by atoms with van der Waals surface area (Å²) in [6, 6.07) is 8.40. The summed E-state index contributed by atoms with van der Waals surface area (Å²) in [6.07, 6.45) is 4.17. The second kappa shape index (κ2) is 8.18. The number of amides is 1. The Bertz CT molecular complexity index is 484. The average Bonchev–Trinajstić information content (AvgIpc) is 3.06. The molecule has 1 aromatic rings. The summed E-state index contributed by atoms with van der Waals surface area (Å²) in [6.45, 7) is 5.25. The molecular weight excluding hydrogens is 276 g/mol. The fourth-order valence-corrected chi connectivity index (χ4v) is 3.02. The number of carbonyl (C=O) groups excluding carboxylic acids is 1. The van der Waals surface area contributed by atoms with E-state index >= 15 is 0 Å². The van der Waals surface area contributed by atoms with Gasteiger partial charge in [0.05, 0.1) is 7.11 Å². The largest absolute Gasteiger partial charge is 0.497 e. The molecule has 1 amide bonds. The molecule has 2 rings (SSSR count). The molecule has 0 saturated carbocycles. The first-order valence-electron chi connectivity index (χ1n) is 8.21. The molecule has 1 aromatic carbocycles. The van der Waals surface area contributed by atoms with Gasteiger partial charge in [0.15, 0.2) is 0 Å². The number of nitrogens with zero attached hydrogens (tertiary/aromatic N) is 2. The highest BCUT2D eigenvalue weighted by Gasteiger charge is 2.19. The van der Waals surface area contributed by atoms with E-state index in [1.165, 1.54) is 25.9 Å². The second-order valence-electron chi connectivity index (χ2n) is 6.23. The Labute approximate surface area is 134 Å². The molecular formula is C18H28N2O2. The van der Waals surface area contributed by atoms with E-state index in [2.05, 4.69) is 11.8 Å². The van der Waals surface area contributed by atoms with E-state index in [-0.39, 0.29) is 5.91 Å². The van der Waals surface area contributed by atoms with Gasteiger partial charge in [0, 0.05) is 26.1 Å². The standard InChI is InChI=1S/C18H28N2O2/c1-15(20-11-4-5-12-20)9-10-18(21)19(2)14-16-7-6-8-17(13-16)22-3/h6-8,13,15H,4-5,9-12,14H2,1-3H3. The number of ether oxygens (including phenoxy) is 1. The van der Waals surface area contributed by atoms with Gasteiger partial charge in [-0.25, -0.2) is 0 Å². The van der Waals surface area contributed by atoms with E-state index in [9.17, 15) is 4.79 Å². The predicted octanol–water partition coefficient (Wildman–Crippen LogP) is 2.92. The summed E-state index contributed by atoms with van der Waals surface area (Å²) in [5, 5.41) is 0. The minimum absolute atomic E-state index is 0.217. The van der Waals surface area contributed by atoms with Crippen LogP contribution in [0, 0.1) is 0 Å². The summed E-state index contributed by atoms with van der Waals surface area (Å²) in [7, 11) is 3.54. The van der Waals surface area contributed by atoms with Crippen molar-refractivity contribution in [1.29, 1.82) is 0 Å². The van der Waals surface area contributed by atoms with Gasteiger partial charge in [-0.15, -0.1) is 0 Å². The van der Waals surface area contributed by atoms with Gasteiger partial charge in [-0.1, -0.05) is 12.1 Å². The van der Waals surface area contributed by atoms with Crippen LogP contribution in [0.2, 0.25) is 0 Å². The van der Waals surface area contributed by atoms with Crippen molar-refractivity contribution in [1.82, 2.24) is 9.80 Å². The summed E-state index contributed by atoms with van der Waals surface area (Å²) >= 11 is 0. The number of hydrogen-bond donors (Lipinski definition) is 0. The van der Waals surface area contributed by atoms with Crippen molar-refractivity contribution in [2.24, 2.45) is 0 Å². The molecule has 1 heterocycles. The fraction of sp³-hybridized carbons (Fsp3) is 0.611. The van der Waals surface area contributed by atoms with Gasteiger partial charge < -0.3 is 14.5 Å². The summed E-state index contributed by atoms with van der Waals surface area (Å²) in [4.78, 5) is 16.6. The van der Waals surface area contributed by atoms with Crippen LogP contribution in [0.5, 0.6) is 5.75 Å². The van der Waals surface area contributed by atoms with Gasteiger partial charge in [-0.2, -0.15) is 0 Å². The first kappa shape index (κ1) is 16.8. The average molecular weight is 304 g/mol. The molecule has 1 unspecified atom stereocenters. The minimum Gasteiger partial charge on any atom is -0.497 e. The fourth-order valence-electron chi connectivity index (χ4n) is 3.02. The zero-order valence-corrected chi connectivity index (χ0v) is 14.0. The molecule has 4 nitrogen and oxygen atoms in total. The summed E-state index contributed by atoms with van der Waals surface area (Å²) in [5.41, 5.74) is 1.10. The Morgan fingerprint density at radius 1 is 1.36 bits per heavy atom. The Morgan fingerprint density at radius 3 is 2.77 bits per heavy atom. The second-order valence-corrected chi connectivity index (χ2v) is 6.23. The van der Waals surface area contributed by atoms with E-state index < -0.39 is 0 Å². The molecule has 122 valence electrons. The first-order valence-corrected chi connectivity index (χ1v) is 8.21. The molecule has 1 saturated heterocycles. The van der Waals surface area contributed by atoms with Crippen LogP contribution in [0.3, 0.4) is 0 Å². The molecule has 0 aromatic heterocycles. The van der Waals surface area contributed by atoms with Gasteiger partial charge >= 0.3 is 0 Å². The lowest BCUT2D eigenvalue weighted by atomic mass is 10.1. The van der Waals surface area contributed by atoms with E-state index in [1.54, 1.807) is 7.11 Å². The molecule has 1 fully saturated rings. The number of carbonyl (C=O) groups is 1. The topological polar surface area (TPSA) is 32.8 Å². The summed E-state index contributed by atoms with van der Waals surface area (Å²) < 4.78 is 5.22. The van der Waals surface area contributed by atoms with E-state index in [1.807, 2.05) is 36.2 Å². The Hall–Kier alpha value is -1.55. The highest BCUT2D eigenvalue weighted by Crippen LogP contribution is 2.17. The lowest BCUT2D eigenvalue weighted by molar-refractivity contribution is -0.130. The van der Waals surface area contributed by atoms with Crippen LogP contribution < -0.4 is 4.74 Å². The lowest BCUT2D eigenvalue weighted by Gasteiger charge is -2.24. The first-order chi connectivity index (χ1) is 10.6. The molecule has 22 heavy (non-hydrogen) atoms. The van der Waals surface area contributed by atoms with Crippen LogP contribution in [-0.4, -0.2) is 49.0 Å². The van der Waals surface area contributed by atoms with Crippen molar-refractivity contribution in [3.8, 4) is 5.75 Å². The van der Waals surface area contributed by atoms with Crippen LogP contribution in [0.25, 0.3) is 0 Å². The van der Waals surface area contributed by atoms with Crippen molar-refractivity contribution in [2.45, 2.75) is 45.2 Å². The molecule has 1 aliphatic heterocycles. The van der Waals surface area contributed by atoms with Crippen LogP contribution in [-0.2, 0) is 11.3 Å². The molecule has 0 radical (unpaired) electrons. The van der Waals surface area contributed by atoms with Crippen LogP contribution in [0.15, 0.2) is 24.3 Å². The van der Waals surface area contributed by atoms with Crippen molar-refractivity contribution in [3.63, 3.8) is 0 Å². The third-order valence-electron chi connectivity index (χ3n) is 4.52. The van der Waals surface area contributed by atoms with Crippen LogP contribution >= 0.6 is 0 Å². The maximum absolute atomic E-state index is 12.3. The lowest BCUT2D eigenvalue weighted by Crippen LogP contribution is -2.32. The molecule has 0 bridgehead atoms. The third-order valence-corrected chi connectivity index (χ3v) is 4.52. The molecule has 1 atom stereocenters. The highest BCUT2D eigenvalue weighted by molar-refractivity contribution is 5.75. The zero-order chi connectivity index (χ0) is 15.9. The summed E-state index contributed by atoms with van der Waals surface area (Å²) in [5.74, 6) is 1.05. The van der Waals surface area contributed by atoms with Crippen molar-refractivity contribution < 1.29 is 9.53 Å². The predicted molar refractivity (Wildman–Crippen MR) is 89.0 cm³/mol. The number of benzene rings is 1. The zero-order valence-electron chi connectivity index (χ0n) is 14.0. The molecule has 0 N–H and O–H groups in total. The highest BCUT2D eigenvalue weighted by atomic mass is 16.5. The van der Waals surface area contributed by atoms with E-state index in [0.29, 0.717) is 19.0 Å². The SMILES string of the molecule is COc1cccc(CN(C)C(=O)CCC(C)N2CCCC2)c1. The molecule has 0 aliphatic carbocycles. The van der Waals surface area contributed by atoms with Gasteiger partial charge in [-0.05, 0) is 57.0 Å². The Morgan fingerprint density at radius 2 is 2.09 bits per heavy atom. The molecule has 0 spiro atoms. The quantitative estimate of drug-likeness (QED) is 0.776. The van der Waals surface area contributed by atoms with Gasteiger partial charge in [-0.3, -0.25) is 4.79 Å². The number of methoxy groups -OCH3 is 1. The normalized spacial score (nSPS) is 16.5. The maximum Gasteiger partial charge on any atom is 0.222 e. The van der Waals surface area contributed by atoms with Gasteiger partial charge in [0.2, 0.25) is 5.91 Å². The maximum atomic E-state index is 12.3.